The molecule has 2 rings (SSSR count). The van der Waals surface area contributed by atoms with Gasteiger partial charge in [-0.1, -0.05) is 6.92 Å². The largest absolute Gasteiger partial charge is 0.342 e. The van der Waals surface area contributed by atoms with Crippen LogP contribution in [0.4, 0.5) is 0 Å². The van der Waals surface area contributed by atoms with Crippen LogP contribution in [0.3, 0.4) is 0 Å². The molecule has 0 aromatic carbocycles. The molecule has 0 saturated carbocycles. The zero-order valence-corrected chi connectivity index (χ0v) is 10.7. The van der Waals surface area contributed by atoms with E-state index in [4.69, 9.17) is 0 Å². The molecule has 92 valence electrons. The van der Waals surface area contributed by atoms with E-state index in [1.807, 2.05) is 12.3 Å². The number of hydrogen-bond donors (Lipinski definition) is 0. The summed E-state index contributed by atoms with van der Waals surface area (Å²) in [4.78, 5) is 29.3. The molecule has 17 heavy (non-hydrogen) atoms. The lowest BCUT2D eigenvalue weighted by atomic mass is 9.98. The molecule has 1 aliphatic heterocycles. The maximum atomic E-state index is 11.9. The molecule has 0 radical (unpaired) electrons. The van der Waals surface area contributed by atoms with Gasteiger partial charge in [-0.15, -0.1) is 11.3 Å². The van der Waals surface area contributed by atoms with E-state index in [1.165, 1.54) is 0 Å². The smallest absolute Gasteiger partial charge is 0.223 e. The molecule has 0 bridgehead atoms. The Bertz CT molecular complexity index is 403. The summed E-state index contributed by atoms with van der Waals surface area (Å²) < 4.78 is 0. The van der Waals surface area contributed by atoms with E-state index in [-0.39, 0.29) is 17.6 Å². The first-order valence-corrected chi connectivity index (χ1v) is 6.73. The van der Waals surface area contributed by atoms with Crippen LogP contribution in [-0.4, -0.2) is 34.7 Å². The van der Waals surface area contributed by atoms with Gasteiger partial charge in [0, 0.05) is 49.8 Å². The Labute approximate surface area is 105 Å². The number of piperidine rings is 1. The van der Waals surface area contributed by atoms with Crippen LogP contribution in [0.5, 0.6) is 0 Å². The lowest BCUT2D eigenvalue weighted by Crippen LogP contribution is -2.43. The molecule has 4 nitrogen and oxygen atoms in total. The molecule has 1 unspecified atom stereocenters. The van der Waals surface area contributed by atoms with Crippen LogP contribution in [-0.2, 0) is 16.0 Å². The van der Waals surface area contributed by atoms with Gasteiger partial charge in [0.25, 0.3) is 0 Å². The van der Waals surface area contributed by atoms with Gasteiger partial charge >= 0.3 is 0 Å². The zero-order chi connectivity index (χ0) is 12.3. The first-order chi connectivity index (χ1) is 8.16. The summed E-state index contributed by atoms with van der Waals surface area (Å²) in [6.45, 7) is 3.05. The quantitative estimate of drug-likeness (QED) is 0.819. The lowest BCUT2D eigenvalue weighted by molar-refractivity contribution is -0.136. The number of likely N-dealkylation sites (tertiary alicyclic amines) is 1. The van der Waals surface area contributed by atoms with Gasteiger partial charge in [-0.2, -0.15) is 0 Å². The van der Waals surface area contributed by atoms with Gasteiger partial charge in [-0.3, -0.25) is 9.59 Å². The molecule has 1 amide bonds. The van der Waals surface area contributed by atoms with Crippen molar-refractivity contribution < 1.29 is 9.59 Å². The molecule has 2 heterocycles. The van der Waals surface area contributed by atoms with E-state index in [2.05, 4.69) is 4.98 Å². The molecular weight excluding hydrogens is 236 g/mol. The standard InChI is InChI=1S/C12H16N2O2S/c1-9-8-14(6-4-10(9)15)12(16)3-2-11-13-5-7-17-11/h5,7,9H,2-4,6,8H2,1H3. The number of thiazole rings is 1. The number of aromatic nitrogens is 1. The highest BCUT2D eigenvalue weighted by atomic mass is 32.1. The maximum Gasteiger partial charge on any atom is 0.223 e. The number of rotatable bonds is 3. The molecule has 0 aliphatic carbocycles. The summed E-state index contributed by atoms with van der Waals surface area (Å²) in [5.41, 5.74) is 0. The van der Waals surface area contributed by atoms with Crippen LogP contribution in [0.2, 0.25) is 0 Å². The highest BCUT2D eigenvalue weighted by Gasteiger charge is 2.26. The van der Waals surface area contributed by atoms with Gasteiger partial charge in [0.15, 0.2) is 0 Å². The van der Waals surface area contributed by atoms with Crippen LogP contribution >= 0.6 is 11.3 Å². The normalized spacial score (nSPS) is 20.6. The summed E-state index contributed by atoms with van der Waals surface area (Å²) in [6.07, 6.45) is 3.46. The Morgan fingerprint density at radius 1 is 1.65 bits per heavy atom. The highest BCUT2D eigenvalue weighted by Crippen LogP contribution is 2.14. The fourth-order valence-corrected chi connectivity index (χ4v) is 2.61. The lowest BCUT2D eigenvalue weighted by Gasteiger charge is -2.30. The fourth-order valence-electron chi connectivity index (χ4n) is 1.99. The number of ketones is 1. The van der Waals surface area contributed by atoms with E-state index in [1.54, 1.807) is 22.4 Å². The molecule has 1 aromatic heterocycles. The van der Waals surface area contributed by atoms with Gasteiger partial charge < -0.3 is 4.90 Å². The van der Waals surface area contributed by atoms with Crippen molar-refractivity contribution in [3.8, 4) is 0 Å². The molecular formula is C12H16N2O2S. The number of hydrogen-bond acceptors (Lipinski definition) is 4. The molecule has 0 N–H and O–H groups in total. The van der Waals surface area contributed by atoms with Gasteiger partial charge in [-0.05, 0) is 0 Å². The van der Waals surface area contributed by atoms with E-state index >= 15 is 0 Å². The van der Waals surface area contributed by atoms with Crippen LogP contribution in [0.1, 0.15) is 24.8 Å². The van der Waals surface area contributed by atoms with Crippen molar-refractivity contribution in [2.24, 2.45) is 5.92 Å². The van der Waals surface area contributed by atoms with Crippen LogP contribution in [0.25, 0.3) is 0 Å². The molecule has 1 atom stereocenters. The van der Waals surface area contributed by atoms with E-state index in [9.17, 15) is 9.59 Å². The van der Waals surface area contributed by atoms with Crippen LogP contribution in [0.15, 0.2) is 11.6 Å². The summed E-state index contributed by atoms with van der Waals surface area (Å²) in [6, 6.07) is 0. The van der Waals surface area contributed by atoms with E-state index in [0.717, 1.165) is 5.01 Å². The second-order valence-electron chi connectivity index (χ2n) is 4.38. The molecule has 0 spiro atoms. The van der Waals surface area contributed by atoms with Crippen LogP contribution in [0, 0.1) is 5.92 Å². The fraction of sp³-hybridized carbons (Fsp3) is 0.583. The Morgan fingerprint density at radius 2 is 2.47 bits per heavy atom. The van der Waals surface area contributed by atoms with Crippen molar-refractivity contribution in [2.45, 2.75) is 26.2 Å². The third-order valence-corrected chi connectivity index (χ3v) is 3.90. The topological polar surface area (TPSA) is 50.3 Å². The molecule has 5 heteroatoms. The van der Waals surface area contributed by atoms with Gasteiger partial charge in [-0.25, -0.2) is 4.98 Å². The molecule has 1 aliphatic rings. The van der Waals surface area contributed by atoms with Crippen molar-refractivity contribution in [3.63, 3.8) is 0 Å². The van der Waals surface area contributed by atoms with E-state index < -0.39 is 0 Å². The zero-order valence-electron chi connectivity index (χ0n) is 9.89. The number of Topliss-reactive ketones (excluding diaryl/α,β-unsaturated/α-hetero) is 1. The SMILES string of the molecule is CC1CN(C(=O)CCc2nccs2)CCC1=O. The first-order valence-electron chi connectivity index (χ1n) is 5.85. The van der Waals surface area contributed by atoms with Crippen molar-refractivity contribution in [3.05, 3.63) is 16.6 Å². The minimum Gasteiger partial charge on any atom is -0.342 e. The number of aryl methyl sites for hydroxylation is 1. The monoisotopic (exact) mass is 252 g/mol. The average molecular weight is 252 g/mol. The Kier molecular flexibility index (Phi) is 3.89. The third-order valence-electron chi connectivity index (χ3n) is 3.06. The highest BCUT2D eigenvalue weighted by molar-refractivity contribution is 7.09. The molecule has 1 aromatic rings. The molecule has 1 saturated heterocycles. The summed E-state index contributed by atoms with van der Waals surface area (Å²) in [5.74, 6) is 0.404. The maximum absolute atomic E-state index is 11.9. The Morgan fingerprint density at radius 3 is 3.12 bits per heavy atom. The average Bonchev–Trinajstić information content (AvgIpc) is 2.82. The van der Waals surface area contributed by atoms with Crippen LogP contribution < -0.4 is 0 Å². The number of carbonyl (C=O) groups excluding carboxylic acids is 2. The Hall–Kier alpha value is -1.23. The summed E-state index contributed by atoms with van der Waals surface area (Å²) >= 11 is 1.58. The number of amides is 1. The minimum absolute atomic E-state index is 0.00689. The van der Waals surface area contributed by atoms with Gasteiger partial charge in [0.05, 0.1) is 5.01 Å². The number of nitrogens with zero attached hydrogens (tertiary/aromatic N) is 2. The predicted molar refractivity (Wildman–Crippen MR) is 65.8 cm³/mol. The summed E-state index contributed by atoms with van der Waals surface area (Å²) in [7, 11) is 0. The van der Waals surface area contributed by atoms with Gasteiger partial charge in [0.2, 0.25) is 5.91 Å². The van der Waals surface area contributed by atoms with Crippen molar-refractivity contribution in [1.82, 2.24) is 9.88 Å². The second kappa shape index (κ2) is 5.40. The Balaban J connectivity index is 1.82. The predicted octanol–water partition coefficient (Wildman–Crippen LogP) is 1.51. The van der Waals surface area contributed by atoms with Crippen molar-refractivity contribution >= 4 is 23.0 Å². The van der Waals surface area contributed by atoms with Gasteiger partial charge in [0.1, 0.15) is 5.78 Å². The minimum atomic E-state index is -0.00689. The second-order valence-corrected chi connectivity index (χ2v) is 5.36. The number of carbonyl (C=O) groups is 2. The first kappa shape index (κ1) is 12.2. The van der Waals surface area contributed by atoms with E-state index in [0.29, 0.717) is 32.4 Å². The third kappa shape index (κ3) is 3.12. The summed E-state index contributed by atoms with van der Waals surface area (Å²) in [5, 5.41) is 2.92. The molecule has 1 fully saturated rings. The van der Waals surface area contributed by atoms with Crippen molar-refractivity contribution in [2.75, 3.05) is 13.1 Å². The van der Waals surface area contributed by atoms with Crippen molar-refractivity contribution in [1.29, 1.82) is 0 Å².